The molecule has 0 aromatic heterocycles. The van der Waals surface area contributed by atoms with Gasteiger partial charge >= 0.3 is 0 Å². The summed E-state index contributed by atoms with van der Waals surface area (Å²) < 4.78 is 5.48. The summed E-state index contributed by atoms with van der Waals surface area (Å²) in [5.41, 5.74) is 0.972. The average Bonchev–Trinajstić information content (AvgIpc) is 2.64. The summed E-state index contributed by atoms with van der Waals surface area (Å²) >= 11 is 5.64. The van der Waals surface area contributed by atoms with Crippen LogP contribution in [0.5, 0.6) is 5.75 Å². The van der Waals surface area contributed by atoms with Gasteiger partial charge in [0.1, 0.15) is 5.75 Å². The summed E-state index contributed by atoms with van der Waals surface area (Å²) in [4.78, 5) is 12.8. The number of benzene rings is 1. The van der Waals surface area contributed by atoms with Gasteiger partial charge in [0.25, 0.3) is 0 Å². The second kappa shape index (κ2) is 4.53. The van der Waals surface area contributed by atoms with E-state index in [0.717, 1.165) is 30.7 Å². The first kappa shape index (κ1) is 10.3. The Morgan fingerprint density at radius 3 is 3.00 bits per heavy atom. The molecule has 0 fully saturated rings. The van der Waals surface area contributed by atoms with Crippen LogP contribution in [0.25, 0.3) is 0 Å². The SMILES string of the molecule is O=CC1Oc2ccccc2N1CCCCl. The van der Waals surface area contributed by atoms with Crippen LogP contribution in [0.1, 0.15) is 6.42 Å². The Morgan fingerprint density at radius 1 is 1.47 bits per heavy atom. The van der Waals surface area contributed by atoms with Gasteiger partial charge in [-0.2, -0.15) is 0 Å². The lowest BCUT2D eigenvalue weighted by Gasteiger charge is -2.20. The lowest BCUT2D eigenvalue weighted by Crippen LogP contribution is -2.36. The molecule has 0 amide bonds. The molecule has 1 heterocycles. The molecule has 1 atom stereocenters. The third kappa shape index (κ3) is 1.92. The molecule has 4 heteroatoms. The van der Waals surface area contributed by atoms with Crippen molar-refractivity contribution < 1.29 is 9.53 Å². The minimum atomic E-state index is -0.495. The van der Waals surface area contributed by atoms with E-state index in [1.807, 2.05) is 29.2 Å². The summed E-state index contributed by atoms with van der Waals surface area (Å²) in [6, 6.07) is 7.65. The van der Waals surface area contributed by atoms with Gasteiger partial charge in [0.15, 0.2) is 6.29 Å². The van der Waals surface area contributed by atoms with Gasteiger partial charge in [-0.1, -0.05) is 12.1 Å². The maximum Gasteiger partial charge on any atom is 0.229 e. The van der Waals surface area contributed by atoms with E-state index in [4.69, 9.17) is 16.3 Å². The number of carbonyl (C=O) groups is 1. The molecule has 1 unspecified atom stereocenters. The van der Waals surface area contributed by atoms with Crippen molar-refractivity contribution in [1.82, 2.24) is 0 Å². The van der Waals surface area contributed by atoms with Gasteiger partial charge in [0, 0.05) is 12.4 Å². The van der Waals surface area contributed by atoms with E-state index in [9.17, 15) is 4.79 Å². The fraction of sp³-hybridized carbons (Fsp3) is 0.364. The zero-order chi connectivity index (χ0) is 10.7. The first-order valence-electron chi connectivity index (χ1n) is 4.90. The van der Waals surface area contributed by atoms with E-state index in [2.05, 4.69) is 0 Å². The predicted octanol–water partition coefficient (Wildman–Crippen LogP) is 2.04. The monoisotopic (exact) mass is 225 g/mol. The Hall–Kier alpha value is -1.22. The normalized spacial score (nSPS) is 18.5. The van der Waals surface area contributed by atoms with Gasteiger partial charge < -0.3 is 9.64 Å². The number of hydrogen-bond donors (Lipinski definition) is 0. The van der Waals surface area contributed by atoms with Gasteiger partial charge in [0.05, 0.1) is 5.69 Å². The third-order valence-electron chi connectivity index (χ3n) is 2.38. The number of anilines is 1. The number of rotatable bonds is 4. The molecule has 15 heavy (non-hydrogen) atoms. The van der Waals surface area contributed by atoms with E-state index in [0.29, 0.717) is 5.88 Å². The Kier molecular flexibility index (Phi) is 3.11. The number of nitrogens with zero attached hydrogens (tertiary/aromatic N) is 1. The van der Waals surface area contributed by atoms with Crippen LogP contribution in [0.3, 0.4) is 0 Å². The first-order valence-corrected chi connectivity index (χ1v) is 5.44. The van der Waals surface area contributed by atoms with E-state index in [1.54, 1.807) is 0 Å². The predicted molar refractivity (Wildman–Crippen MR) is 59.6 cm³/mol. The minimum Gasteiger partial charge on any atom is -0.461 e. The van der Waals surface area contributed by atoms with Crippen LogP contribution >= 0.6 is 11.6 Å². The summed E-state index contributed by atoms with van der Waals surface area (Å²) in [7, 11) is 0. The third-order valence-corrected chi connectivity index (χ3v) is 2.65. The molecule has 0 N–H and O–H groups in total. The lowest BCUT2D eigenvalue weighted by molar-refractivity contribution is -0.113. The Bertz CT molecular complexity index is 356. The molecular weight excluding hydrogens is 214 g/mol. The summed E-state index contributed by atoms with van der Waals surface area (Å²) in [6.07, 6.45) is 1.16. The zero-order valence-corrected chi connectivity index (χ0v) is 8.98. The molecule has 0 spiro atoms. The first-order chi connectivity index (χ1) is 7.36. The van der Waals surface area contributed by atoms with Crippen LogP contribution in [-0.2, 0) is 4.79 Å². The van der Waals surface area contributed by atoms with Crippen molar-refractivity contribution in [2.75, 3.05) is 17.3 Å². The zero-order valence-electron chi connectivity index (χ0n) is 8.23. The summed E-state index contributed by atoms with van der Waals surface area (Å²) in [6.45, 7) is 0.740. The Labute approximate surface area is 93.6 Å². The lowest BCUT2D eigenvalue weighted by atomic mass is 10.2. The van der Waals surface area contributed by atoms with Gasteiger partial charge in [-0.15, -0.1) is 11.6 Å². The Balaban J connectivity index is 2.21. The second-order valence-electron chi connectivity index (χ2n) is 3.35. The second-order valence-corrected chi connectivity index (χ2v) is 3.73. The van der Waals surface area contributed by atoms with Crippen LogP contribution in [0, 0.1) is 0 Å². The van der Waals surface area contributed by atoms with E-state index >= 15 is 0 Å². The topological polar surface area (TPSA) is 29.5 Å². The molecule has 2 rings (SSSR count). The molecule has 0 radical (unpaired) electrons. The highest BCUT2D eigenvalue weighted by atomic mass is 35.5. The van der Waals surface area contributed by atoms with Crippen molar-refractivity contribution in [2.45, 2.75) is 12.6 Å². The smallest absolute Gasteiger partial charge is 0.229 e. The van der Waals surface area contributed by atoms with Crippen molar-refractivity contribution in [3.8, 4) is 5.75 Å². The van der Waals surface area contributed by atoms with Gasteiger partial charge in [0.2, 0.25) is 6.23 Å². The maximum atomic E-state index is 10.8. The molecular formula is C11H12ClNO2. The molecule has 80 valence electrons. The van der Waals surface area contributed by atoms with E-state index in [1.165, 1.54) is 0 Å². The molecule has 0 bridgehead atoms. The van der Waals surface area contributed by atoms with Crippen molar-refractivity contribution >= 4 is 23.6 Å². The van der Waals surface area contributed by atoms with Crippen LogP contribution in [0.4, 0.5) is 5.69 Å². The van der Waals surface area contributed by atoms with Gasteiger partial charge in [-0.25, -0.2) is 0 Å². The number of carbonyl (C=O) groups excluding carboxylic acids is 1. The molecule has 1 aliphatic heterocycles. The Morgan fingerprint density at radius 2 is 2.27 bits per heavy atom. The highest BCUT2D eigenvalue weighted by Gasteiger charge is 2.29. The van der Waals surface area contributed by atoms with Crippen molar-refractivity contribution in [3.63, 3.8) is 0 Å². The highest BCUT2D eigenvalue weighted by Crippen LogP contribution is 2.36. The van der Waals surface area contributed by atoms with Crippen LogP contribution in [-0.4, -0.2) is 24.9 Å². The number of ether oxygens (including phenoxy) is 1. The van der Waals surface area contributed by atoms with Gasteiger partial charge in [-0.05, 0) is 18.6 Å². The van der Waals surface area contributed by atoms with E-state index in [-0.39, 0.29) is 0 Å². The number of fused-ring (bicyclic) bond motifs is 1. The van der Waals surface area contributed by atoms with Crippen LogP contribution in [0.15, 0.2) is 24.3 Å². The van der Waals surface area contributed by atoms with Crippen molar-refractivity contribution in [3.05, 3.63) is 24.3 Å². The molecule has 1 aromatic rings. The number of hydrogen-bond acceptors (Lipinski definition) is 3. The largest absolute Gasteiger partial charge is 0.461 e. The number of aldehydes is 1. The van der Waals surface area contributed by atoms with Gasteiger partial charge in [-0.3, -0.25) is 4.79 Å². The molecule has 0 saturated carbocycles. The quantitative estimate of drug-likeness (QED) is 0.580. The van der Waals surface area contributed by atoms with Crippen LogP contribution < -0.4 is 9.64 Å². The molecule has 3 nitrogen and oxygen atoms in total. The molecule has 1 aliphatic rings. The molecule has 1 aromatic carbocycles. The maximum absolute atomic E-state index is 10.8. The van der Waals surface area contributed by atoms with Crippen LogP contribution in [0.2, 0.25) is 0 Å². The minimum absolute atomic E-state index is 0.495. The average molecular weight is 226 g/mol. The van der Waals surface area contributed by atoms with Crippen molar-refractivity contribution in [2.24, 2.45) is 0 Å². The number of halogens is 1. The van der Waals surface area contributed by atoms with E-state index < -0.39 is 6.23 Å². The number of alkyl halides is 1. The summed E-state index contributed by atoms with van der Waals surface area (Å²) in [5.74, 6) is 1.36. The fourth-order valence-corrected chi connectivity index (χ4v) is 1.82. The standard InChI is InChI=1S/C11H12ClNO2/c12-6-3-7-13-9-4-1-2-5-10(9)15-11(13)8-14/h1-2,4-5,8,11H,3,6-7H2. The fourth-order valence-electron chi connectivity index (χ4n) is 1.70. The molecule has 0 aliphatic carbocycles. The van der Waals surface area contributed by atoms with Crippen molar-refractivity contribution in [1.29, 1.82) is 0 Å². The highest BCUT2D eigenvalue weighted by molar-refractivity contribution is 6.17. The summed E-state index contributed by atoms with van der Waals surface area (Å²) in [5, 5.41) is 0. The molecule has 0 saturated heterocycles. The number of para-hydroxylation sites is 2.